The smallest absolute Gasteiger partial charge is 0.137 e. The van der Waals surface area contributed by atoms with Gasteiger partial charge < -0.3 is 13.7 Å². The molecule has 3 nitrogen and oxygen atoms in total. The van der Waals surface area contributed by atoms with E-state index >= 15 is 0 Å². The fourth-order valence-corrected chi connectivity index (χ4v) is 6.35. The molecule has 2 heterocycles. The van der Waals surface area contributed by atoms with Crippen LogP contribution in [0.2, 0.25) is 0 Å². The highest BCUT2D eigenvalue weighted by Gasteiger charge is 2.20. The minimum absolute atomic E-state index is 0.880. The highest BCUT2D eigenvalue weighted by molar-refractivity contribution is 6.18. The zero-order chi connectivity index (χ0) is 26.9. The molecule has 0 radical (unpaired) electrons. The predicted molar refractivity (Wildman–Crippen MR) is 171 cm³/mol. The summed E-state index contributed by atoms with van der Waals surface area (Å²) in [5.41, 5.74) is 6.87. The van der Waals surface area contributed by atoms with E-state index in [0.717, 1.165) is 66.3 Å². The molecule has 0 amide bonds. The summed E-state index contributed by atoms with van der Waals surface area (Å²) in [4.78, 5) is 2.34. The van der Waals surface area contributed by atoms with E-state index in [-0.39, 0.29) is 0 Å². The summed E-state index contributed by atoms with van der Waals surface area (Å²) in [7, 11) is 0. The lowest BCUT2D eigenvalue weighted by Crippen LogP contribution is -2.10. The number of nitrogens with zero attached hydrogens (tertiary/aromatic N) is 1. The Balaban J connectivity index is 1.34. The summed E-state index contributed by atoms with van der Waals surface area (Å²) in [5.74, 6) is 0. The molecule has 7 aromatic carbocycles. The van der Waals surface area contributed by atoms with E-state index in [2.05, 4.69) is 120 Å². The van der Waals surface area contributed by atoms with E-state index in [4.69, 9.17) is 8.83 Å². The van der Waals surface area contributed by atoms with Crippen LogP contribution in [0.3, 0.4) is 0 Å². The normalized spacial score (nSPS) is 11.9. The fourth-order valence-electron chi connectivity index (χ4n) is 6.35. The second-order valence-electron chi connectivity index (χ2n) is 10.6. The van der Waals surface area contributed by atoms with Crippen molar-refractivity contribution in [3.05, 3.63) is 140 Å². The fraction of sp³-hybridized carbons (Fsp3) is 0. The van der Waals surface area contributed by atoms with Crippen molar-refractivity contribution in [3.8, 4) is 0 Å². The number of hydrogen-bond donors (Lipinski definition) is 0. The van der Waals surface area contributed by atoms with Crippen LogP contribution in [0, 0.1) is 0 Å². The summed E-state index contributed by atoms with van der Waals surface area (Å²) >= 11 is 0. The van der Waals surface area contributed by atoms with Gasteiger partial charge in [-0.15, -0.1) is 0 Å². The third kappa shape index (κ3) is 3.33. The van der Waals surface area contributed by atoms with Crippen LogP contribution < -0.4 is 4.90 Å². The van der Waals surface area contributed by atoms with Gasteiger partial charge in [-0.1, -0.05) is 78.9 Å². The summed E-state index contributed by atoms with van der Waals surface area (Å²) in [6.45, 7) is 0. The number of anilines is 3. The number of hydrogen-bond acceptors (Lipinski definition) is 3. The van der Waals surface area contributed by atoms with Gasteiger partial charge in [0.25, 0.3) is 0 Å². The van der Waals surface area contributed by atoms with Gasteiger partial charge in [-0.25, -0.2) is 0 Å². The first kappa shape index (κ1) is 22.3. The Labute approximate surface area is 235 Å². The van der Waals surface area contributed by atoms with Gasteiger partial charge in [0.2, 0.25) is 0 Å². The summed E-state index contributed by atoms with van der Waals surface area (Å²) < 4.78 is 12.5. The van der Waals surface area contributed by atoms with Crippen molar-refractivity contribution in [1.82, 2.24) is 0 Å². The molecule has 0 saturated heterocycles. The number of furan rings is 2. The van der Waals surface area contributed by atoms with Crippen LogP contribution in [0.4, 0.5) is 17.1 Å². The van der Waals surface area contributed by atoms with E-state index in [9.17, 15) is 0 Å². The minimum atomic E-state index is 0.880. The lowest BCUT2D eigenvalue weighted by atomic mass is 9.98. The molecule has 0 N–H and O–H groups in total. The van der Waals surface area contributed by atoms with Gasteiger partial charge in [-0.05, 0) is 82.2 Å². The average molecular weight is 526 g/mol. The molecule has 0 bridgehead atoms. The maximum Gasteiger partial charge on any atom is 0.137 e. The second-order valence-corrected chi connectivity index (χ2v) is 10.6. The zero-order valence-corrected chi connectivity index (χ0v) is 22.0. The molecule has 192 valence electrons. The van der Waals surface area contributed by atoms with Crippen molar-refractivity contribution in [1.29, 1.82) is 0 Å². The molecule has 2 aromatic heterocycles. The van der Waals surface area contributed by atoms with Gasteiger partial charge in [0.15, 0.2) is 0 Å². The first-order valence-corrected chi connectivity index (χ1v) is 13.9. The molecule has 0 aliphatic heterocycles. The van der Waals surface area contributed by atoms with E-state index in [0.29, 0.717) is 0 Å². The van der Waals surface area contributed by atoms with E-state index in [1.165, 1.54) is 16.2 Å². The lowest BCUT2D eigenvalue weighted by molar-refractivity contribution is 0.669. The van der Waals surface area contributed by atoms with E-state index in [1.807, 2.05) is 24.3 Å². The van der Waals surface area contributed by atoms with Crippen LogP contribution in [0.5, 0.6) is 0 Å². The van der Waals surface area contributed by atoms with Crippen LogP contribution >= 0.6 is 0 Å². The Morgan fingerprint density at radius 1 is 0.366 bits per heavy atom. The van der Waals surface area contributed by atoms with Crippen molar-refractivity contribution >= 4 is 82.5 Å². The molecular weight excluding hydrogens is 502 g/mol. The molecule has 0 unspecified atom stereocenters. The molecule has 0 aliphatic carbocycles. The second kappa shape index (κ2) is 8.48. The third-order valence-electron chi connectivity index (χ3n) is 8.21. The minimum Gasteiger partial charge on any atom is -0.456 e. The Bertz CT molecular complexity index is 2430. The molecule has 0 atom stereocenters. The Morgan fingerprint density at radius 3 is 1.90 bits per heavy atom. The van der Waals surface area contributed by atoms with Gasteiger partial charge in [0.05, 0.1) is 11.1 Å². The first-order valence-electron chi connectivity index (χ1n) is 13.9. The van der Waals surface area contributed by atoms with Gasteiger partial charge >= 0.3 is 0 Å². The summed E-state index contributed by atoms with van der Waals surface area (Å²) in [6, 6.07) is 49.0. The van der Waals surface area contributed by atoms with Gasteiger partial charge in [-0.2, -0.15) is 0 Å². The van der Waals surface area contributed by atoms with Gasteiger partial charge in [-0.3, -0.25) is 0 Å². The van der Waals surface area contributed by atoms with Crippen molar-refractivity contribution in [2.45, 2.75) is 0 Å². The number of para-hydroxylation sites is 3. The maximum atomic E-state index is 6.28. The Kier molecular flexibility index (Phi) is 4.61. The highest BCUT2D eigenvalue weighted by atomic mass is 16.3. The quantitative estimate of drug-likeness (QED) is 0.215. The molecule has 0 aliphatic rings. The van der Waals surface area contributed by atoms with Crippen LogP contribution in [-0.2, 0) is 0 Å². The average Bonchev–Trinajstić information content (AvgIpc) is 3.59. The van der Waals surface area contributed by atoms with Crippen LogP contribution in [0.1, 0.15) is 0 Å². The lowest BCUT2D eigenvalue weighted by Gasteiger charge is -2.26. The summed E-state index contributed by atoms with van der Waals surface area (Å²) in [5, 5.41) is 9.28. The Hall–Kier alpha value is -5.54. The van der Waals surface area contributed by atoms with Crippen molar-refractivity contribution in [2.75, 3.05) is 4.90 Å². The monoisotopic (exact) mass is 525 g/mol. The van der Waals surface area contributed by atoms with Crippen LogP contribution in [0.25, 0.3) is 65.4 Å². The van der Waals surface area contributed by atoms with Crippen LogP contribution in [-0.4, -0.2) is 0 Å². The predicted octanol–water partition coefficient (Wildman–Crippen LogP) is 11.3. The van der Waals surface area contributed by atoms with E-state index in [1.54, 1.807) is 0 Å². The molecule has 0 spiro atoms. The first-order chi connectivity index (χ1) is 20.3. The van der Waals surface area contributed by atoms with Gasteiger partial charge in [0.1, 0.15) is 22.3 Å². The van der Waals surface area contributed by atoms with Crippen molar-refractivity contribution in [2.24, 2.45) is 0 Å². The van der Waals surface area contributed by atoms with Crippen molar-refractivity contribution in [3.63, 3.8) is 0 Å². The maximum absolute atomic E-state index is 6.28. The topological polar surface area (TPSA) is 29.5 Å². The third-order valence-corrected chi connectivity index (χ3v) is 8.21. The molecule has 9 aromatic rings. The largest absolute Gasteiger partial charge is 0.456 e. The number of fused-ring (bicyclic) bond motifs is 9. The van der Waals surface area contributed by atoms with Gasteiger partial charge in [0, 0.05) is 27.5 Å². The number of benzene rings is 7. The standard InChI is InChI=1S/C38H23NO2/c1-2-9-26(10-3-1)39(33-13-8-16-36-38(33)29-12-5-7-15-35(29)40-36)27-20-19-24-17-18-25-21-37-32(23-31(25)30(24)22-27)28-11-4-6-14-34(28)41-37/h1-23H. The zero-order valence-electron chi connectivity index (χ0n) is 22.0. The SMILES string of the molecule is c1ccc(N(c2ccc3ccc4cc5oc6ccccc6c5cc4c3c2)c2cccc3oc4ccccc4c23)cc1. The Morgan fingerprint density at radius 2 is 1.02 bits per heavy atom. The molecule has 9 rings (SSSR count). The molecule has 3 heteroatoms. The van der Waals surface area contributed by atoms with Crippen LogP contribution in [0.15, 0.2) is 148 Å². The van der Waals surface area contributed by atoms with E-state index < -0.39 is 0 Å². The summed E-state index contributed by atoms with van der Waals surface area (Å²) in [6.07, 6.45) is 0. The highest BCUT2D eigenvalue weighted by Crippen LogP contribution is 2.44. The molecule has 41 heavy (non-hydrogen) atoms. The molecular formula is C38H23NO2. The van der Waals surface area contributed by atoms with Crippen molar-refractivity contribution < 1.29 is 8.83 Å². The molecule has 0 fully saturated rings. The number of rotatable bonds is 3. The molecule has 0 saturated carbocycles.